The molecule has 2 N–H and O–H groups in total. The van der Waals surface area contributed by atoms with Crippen molar-refractivity contribution in [3.63, 3.8) is 0 Å². The number of rotatable bonds is 13. The lowest BCUT2D eigenvalue weighted by Crippen LogP contribution is -2.16. The van der Waals surface area contributed by atoms with Gasteiger partial charge in [-0.05, 0) is 42.2 Å². The first-order chi connectivity index (χ1) is 15.6. The Bertz CT molecular complexity index is 996. The highest BCUT2D eigenvalue weighted by molar-refractivity contribution is 7.09. The molecule has 3 rings (SSSR count). The van der Waals surface area contributed by atoms with E-state index in [0.717, 1.165) is 41.2 Å². The van der Waals surface area contributed by atoms with Gasteiger partial charge in [-0.15, -0.1) is 0 Å². The summed E-state index contributed by atoms with van der Waals surface area (Å²) < 4.78 is 12.2. The van der Waals surface area contributed by atoms with E-state index in [-0.39, 0.29) is 16.9 Å². The van der Waals surface area contributed by atoms with Crippen molar-refractivity contribution in [2.75, 3.05) is 13.2 Å². The van der Waals surface area contributed by atoms with Crippen molar-refractivity contribution in [3.05, 3.63) is 74.0 Å². The van der Waals surface area contributed by atoms with Crippen LogP contribution in [0.5, 0.6) is 11.6 Å². The molecule has 6 nitrogen and oxygen atoms in total. The number of nitrogens with one attached hydrogen (secondary N) is 1. The Morgan fingerprint density at radius 1 is 1.06 bits per heavy atom. The fourth-order valence-electron chi connectivity index (χ4n) is 3.34. The molecule has 32 heavy (non-hydrogen) atoms. The highest BCUT2D eigenvalue weighted by Crippen LogP contribution is 2.23. The summed E-state index contributed by atoms with van der Waals surface area (Å²) in [7, 11) is 0. The summed E-state index contributed by atoms with van der Waals surface area (Å²) >= 11 is 1.02. The molecular weight excluding hydrogens is 424 g/mol. The second-order valence-corrected chi connectivity index (χ2v) is 8.85. The number of aryl methyl sites for hydroxylation is 1. The van der Waals surface area contributed by atoms with Crippen molar-refractivity contribution < 1.29 is 14.6 Å². The third kappa shape index (κ3) is 7.21. The molecule has 0 fully saturated rings. The highest BCUT2D eigenvalue weighted by atomic mass is 32.1. The predicted molar refractivity (Wildman–Crippen MR) is 128 cm³/mol. The van der Waals surface area contributed by atoms with Crippen LogP contribution in [0.4, 0.5) is 0 Å². The average molecular weight is 457 g/mol. The van der Waals surface area contributed by atoms with Crippen LogP contribution < -0.4 is 9.61 Å². The SMILES string of the molecule is CCCCCCOC(COc1ccc(Cc2sc(=O)[nH]c2O)cc1)c1ccc(CC)cn1. The molecule has 0 aliphatic rings. The Hall–Kier alpha value is -2.64. The Morgan fingerprint density at radius 2 is 1.84 bits per heavy atom. The van der Waals surface area contributed by atoms with Crippen LogP contribution in [0.1, 0.15) is 67.3 Å². The number of thiazole rings is 1. The Morgan fingerprint density at radius 3 is 2.47 bits per heavy atom. The van der Waals surface area contributed by atoms with Crippen molar-refractivity contribution in [2.24, 2.45) is 0 Å². The van der Waals surface area contributed by atoms with Gasteiger partial charge in [0.25, 0.3) is 0 Å². The number of aromatic nitrogens is 2. The number of H-pyrrole nitrogens is 1. The zero-order valence-electron chi connectivity index (χ0n) is 18.8. The van der Waals surface area contributed by atoms with E-state index in [1.165, 1.54) is 24.8 Å². The standard InChI is InChI=1S/C25H32N2O4S/c1-3-5-6-7-14-30-22(21-13-10-18(4-2)16-26-21)17-31-20-11-8-19(9-12-20)15-23-24(28)27-25(29)32-23/h8-13,16,22,28H,3-7,14-15,17H2,1-2H3,(H,27,29). The second kappa shape index (κ2) is 12.4. The van der Waals surface area contributed by atoms with E-state index >= 15 is 0 Å². The average Bonchev–Trinajstić information content (AvgIpc) is 3.13. The Kier molecular flexibility index (Phi) is 9.31. The summed E-state index contributed by atoms with van der Waals surface area (Å²) in [5.74, 6) is 0.686. The first-order valence-electron chi connectivity index (χ1n) is 11.3. The molecule has 0 radical (unpaired) electrons. The summed E-state index contributed by atoms with van der Waals surface area (Å²) in [6.07, 6.45) is 7.74. The molecule has 0 aliphatic heterocycles. The van der Waals surface area contributed by atoms with Crippen LogP contribution in [0.3, 0.4) is 0 Å². The number of aromatic amines is 1. The molecule has 1 aromatic carbocycles. The fourth-order valence-corrected chi connectivity index (χ4v) is 4.10. The molecule has 1 atom stereocenters. The van der Waals surface area contributed by atoms with Crippen molar-refractivity contribution >= 4 is 11.3 Å². The maximum Gasteiger partial charge on any atom is 0.307 e. The van der Waals surface area contributed by atoms with Crippen LogP contribution >= 0.6 is 11.3 Å². The van der Waals surface area contributed by atoms with Crippen molar-refractivity contribution in [1.82, 2.24) is 9.97 Å². The van der Waals surface area contributed by atoms with Crippen LogP contribution in [0, 0.1) is 0 Å². The van der Waals surface area contributed by atoms with Crippen molar-refractivity contribution in [2.45, 2.75) is 58.5 Å². The number of hydrogen-bond donors (Lipinski definition) is 2. The van der Waals surface area contributed by atoms with Crippen LogP contribution in [-0.4, -0.2) is 28.3 Å². The molecule has 172 valence electrons. The lowest BCUT2D eigenvalue weighted by atomic mass is 10.1. The van der Waals surface area contributed by atoms with Gasteiger partial charge in [-0.2, -0.15) is 0 Å². The zero-order valence-corrected chi connectivity index (χ0v) is 19.6. The summed E-state index contributed by atoms with van der Waals surface area (Å²) in [4.78, 5) is 18.7. The van der Waals surface area contributed by atoms with Gasteiger partial charge >= 0.3 is 4.87 Å². The summed E-state index contributed by atoms with van der Waals surface area (Å²) in [5.41, 5.74) is 3.07. The monoisotopic (exact) mass is 456 g/mol. The first kappa shape index (κ1) is 24.0. The third-order valence-corrected chi connectivity index (χ3v) is 6.16. The van der Waals surface area contributed by atoms with Gasteiger partial charge in [0.2, 0.25) is 5.88 Å². The maximum atomic E-state index is 11.3. The molecular formula is C25H32N2O4S. The Balaban J connectivity index is 1.59. The summed E-state index contributed by atoms with van der Waals surface area (Å²) in [6.45, 7) is 5.38. The molecule has 3 aromatic rings. The smallest absolute Gasteiger partial charge is 0.307 e. The summed E-state index contributed by atoms with van der Waals surface area (Å²) in [5, 5.41) is 9.76. The molecule has 0 spiro atoms. The molecule has 0 saturated heterocycles. The number of unbranched alkanes of at least 4 members (excludes halogenated alkanes) is 3. The van der Waals surface area contributed by atoms with Gasteiger partial charge < -0.3 is 14.6 Å². The van der Waals surface area contributed by atoms with E-state index in [1.54, 1.807) is 0 Å². The number of ether oxygens (including phenoxy) is 2. The van der Waals surface area contributed by atoms with Crippen LogP contribution in [-0.2, 0) is 17.6 Å². The van der Waals surface area contributed by atoms with Crippen LogP contribution in [0.15, 0.2) is 47.4 Å². The van der Waals surface area contributed by atoms with Gasteiger partial charge in [-0.3, -0.25) is 14.8 Å². The second-order valence-electron chi connectivity index (χ2n) is 7.78. The van der Waals surface area contributed by atoms with E-state index in [4.69, 9.17) is 9.47 Å². The highest BCUT2D eigenvalue weighted by Gasteiger charge is 2.15. The van der Waals surface area contributed by atoms with Crippen LogP contribution in [0.25, 0.3) is 0 Å². The molecule has 0 saturated carbocycles. The van der Waals surface area contributed by atoms with E-state index in [2.05, 4.69) is 29.9 Å². The van der Waals surface area contributed by atoms with Crippen LogP contribution in [0.2, 0.25) is 0 Å². The van der Waals surface area contributed by atoms with Gasteiger partial charge in [-0.25, -0.2) is 0 Å². The van der Waals surface area contributed by atoms with E-state index < -0.39 is 0 Å². The molecule has 2 heterocycles. The van der Waals surface area contributed by atoms with Crippen molar-refractivity contribution in [1.29, 1.82) is 0 Å². The first-order valence-corrected chi connectivity index (χ1v) is 12.1. The number of aromatic hydroxyl groups is 1. The molecule has 1 unspecified atom stereocenters. The molecule has 0 aliphatic carbocycles. The third-order valence-electron chi connectivity index (χ3n) is 5.29. The van der Waals surface area contributed by atoms with Gasteiger partial charge in [0.05, 0.1) is 10.6 Å². The van der Waals surface area contributed by atoms with Crippen molar-refractivity contribution in [3.8, 4) is 11.6 Å². The topological polar surface area (TPSA) is 84.4 Å². The fraction of sp³-hybridized carbons (Fsp3) is 0.440. The molecule has 2 aromatic heterocycles. The quantitative estimate of drug-likeness (QED) is 0.336. The lowest BCUT2D eigenvalue weighted by molar-refractivity contribution is 0.0144. The predicted octanol–water partition coefficient (Wildman–Crippen LogP) is 5.41. The molecule has 0 amide bonds. The summed E-state index contributed by atoms with van der Waals surface area (Å²) in [6, 6.07) is 11.8. The van der Waals surface area contributed by atoms with Gasteiger partial charge in [0.15, 0.2) is 0 Å². The minimum atomic E-state index is -0.251. The normalized spacial score (nSPS) is 12.1. The molecule has 7 heteroatoms. The van der Waals surface area contributed by atoms with Gasteiger partial charge in [0.1, 0.15) is 18.5 Å². The number of pyridine rings is 1. The number of nitrogens with zero attached hydrogens (tertiary/aromatic N) is 1. The zero-order chi connectivity index (χ0) is 22.8. The minimum Gasteiger partial charge on any atom is -0.494 e. The largest absolute Gasteiger partial charge is 0.494 e. The Labute approximate surface area is 193 Å². The maximum absolute atomic E-state index is 11.3. The molecule has 0 bridgehead atoms. The van der Waals surface area contributed by atoms with E-state index in [0.29, 0.717) is 24.5 Å². The van der Waals surface area contributed by atoms with Gasteiger partial charge in [-0.1, -0.05) is 62.6 Å². The van der Waals surface area contributed by atoms with E-state index in [1.807, 2.05) is 36.5 Å². The van der Waals surface area contributed by atoms with E-state index in [9.17, 15) is 9.90 Å². The van der Waals surface area contributed by atoms with Gasteiger partial charge in [0, 0.05) is 19.2 Å². The lowest BCUT2D eigenvalue weighted by Gasteiger charge is -2.19. The minimum absolute atomic E-state index is 0.0548. The number of hydrogen-bond acceptors (Lipinski definition) is 6. The number of benzene rings is 1.